The lowest BCUT2D eigenvalue weighted by atomic mass is 9.94. The summed E-state index contributed by atoms with van der Waals surface area (Å²) >= 11 is 0. The zero-order valence-corrected chi connectivity index (χ0v) is 11.2. The van der Waals surface area contributed by atoms with Crippen molar-refractivity contribution in [3.05, 3.63) is 0 Å². The molecule has 1 heterocycles. The van der Waals surface area contributed by atoms with Crippen LogP contribution in [0.5, 0.6) is 0 Å². The second-order valence-electron chi connectivity index (χ2n) is 6.24. The first-order valence-electron chi connectivity index (χ1n) is 7.14. The van der Waals surface area contributed by atoms with E-state index in [9.17, 15) is 0 Å². The molecular formula is C14H28N2. The highest BCUT2D eigenvalue weighted by Crippen LogP contribution is 2.23. The predicted octanol–water partition coefficient (Wildman–Crippen LogP) is 2.49. The minimum atomic E-state index is 0.753. The normalized spacial score (nSPS) is 29.6. The average molecular weight is 224 g/mol. The van der Waals surface area contributed by atoms with Crippen LogP contribution in [0, 0.1) is 11.8 Å². The molecule has 1 aliphatic heterocycles. The summed E-state index contributed by atoms with van der Waals surface area (Å²) < 4.78 is 0. The van der Waals surface area contributed by atoms with Gasteiger partial charge in [0, 0.05) is 25.2 Å². The molecule has 0 aromatic rings. The van der Waals surface area contributed by atoms with Crippen LogP contribution >= 0.6 is 0 Å². The topological polar surface area (TPSA) is 15.3 Å². The molecular weight excluding hydrogens is 196 g/mol. The van der Waals surface area contributed by atoms with Gasteiger partial charge >= 0.3 is 0 Å². The molecule has 0 amide bonds. The third kappa shape index (κ3) is 3.46. The van der Waals surface area contributed by atoms with Crippen molar-refractivity contribution in [2.24, 2.45) is 11.8 Å². The van der Waals surface area contributed by atoms with Gasteiger partial charge in [-0.05, 0) is 44.1 Å². The zero-order chi connectivity index (χ0) is 11.5. The van der Waals surface area contributed by atoms with Crippen LogP contribution in [0.15, 0.2) is 0 Å². The number of nitrogens with one attached hydrogen (secondary N) is 1. The summed E-state index contributed by atoms with van der Waals surface area (Å²) in [4.78, 5) is 2.73. The van der Waals surface area contributed by atoms with Gasteiger partial charge in [0.1, 0.15) is 0 Å². The molecule has 0 radical (unpaired) electrons. The maximum Gasteiger partial charge on any atom is 0.0243 e. The second kappa shape index (κ2) is 5.50. The molecule has 2 heteroatoms. The number of likely N-dealkylation sites (tertiary alicyclic amines) is 1. The van der Waals surface area contributed by atoms with E-state index in [-0.39, 0.29) is 0 Å². The number of nitrogens with zero attached hydrogens (tertiary/aromatic N) is 1. The van der Waals surface area contributed by atoms with E-state index in [1.165, 1.54) is 45.3 Å². The van der Waals surface area contributed by atoms with Gasteiger partial charge in [-0.1, -0.05) is 20.8 Å². The van der Waals surface area contributed by atoms with Crippen LogP contribution < -0.4 is 5.32 Å². The number of piperidine rings is 1. The Hall–Kier alpha value is -0.0800. The third-order valence-electron chi connectivity index (χ3n) is 4.12. The Balaban J connectivity index is 1.83. The van der Waals surface area contributed by atoms with Crippen molar-refractivity contribution in [3.63, 3.8) is 0 Å². The summed E-state index contributed by atoms with van der Waals surface area (Å²) in [5.41, 5.74) is 0. The average Bonchev–Trinajstić information content (AvgIpc) is 3.01. The van der Waals surface area contributed by atoms with Gasteiger partial charge in [-0.3, -0.25) is 4.90 Å². The molecule has 0 aromatic heterocycles. The molecule has 2 fully saturated rings. The van der Waals surface area contributed by atoms with Gasteiger partial charge in [0.25, 0.3) is 0 Å². The van der Waals surface area contributed by atoms with Crippen LogP contribution in [0.25, 0.3) is 0 Å². The van der Waals surface area contributed by atoms with Crippen molar-refractivity contribution in [1.82, 2.24) is 10.2 Å². The Morgan fingerprint density at radius 3 is 2.56 bits per heavy atom. The van der Waals surface area contributed by atoms with Crippen LogP contribution in [-0.4, -0.2) is 36.6 Å². The van der Waals surface area contributed by atoms with Gasteiger partial charge < -0.3 is 5.32 Å². The molecule has 2 aliphatic rings. The van der Waals surface area contributed by atoms with E-state index in [0.29, 0.717) is 0 Å². The summed E-state index contributed by atoms with van der Waals surface area (Å²) in [6.07, 6.45) is 5.63. The molecule has 0 aromatic carbocycles. The molecule has 2 rings (SSSR count). The first-order valence-corrected chi connectivity index (χ1v) is 7.14. The minimum Gasteiger partial charge on any atom is -0.312 e. The van der Waals surface area contributed by atoms with Gasteiger partial charge in [-0.2, -0.15) is 0 Å². The summed E-state index contributed by atoms with van der Waals surface area (Å²) in [6.45, 7) is 11.0. The molecule has 0 spiro atoms. The maximum absolute atomic E-state index is 3.71. The van der Waals surface area contributed by atoms with E-state index in [2.05, 4.69) is 31.0 Å². The van der Waals surface area contributed by atoms with Crippen molar-refractivity contribution in [2.45, 2.75) is 58.5 Å². The summed E-state index contributed by atoms with van der Waals surface area (Å²) in [5.74, 6) is 1.67. The Labute approximate surface area is 101 Å². The zero-order valence-electron chi connectivity index (χ0n) is 11.2. The summed E-state index contributed by atoms with van der Waals surface area (Å²) in [5, 5.41) is 3.71. The molecule has 1 saturated heterocycles. The maximum atomic E-state index is 3.71. The summed E-state index contributed by atoms with van der Waals surface area (Å²) in [7, 11) is 0. The first-order chi connectivity index (χ1) is 7.66. The fraction of sp³-hybridized carbons (Fsp3) is 1.00. The van der Waals surface area contributed by atoms with Gasteiger partial charge in [-0.25, -0.2) is 0 Å². The third-order valence-corrected chi connectivity index (χ3v) is 4.12. The lowest BCUT2D eigenvalue weighted by molar-refractivity contribution is 0.0996. The molecule has 1 N–H and O–H groups in total. The fourth-order valence-corrected chi connectivity index (χ4v) is 2.89. The Morgan fingerprint density at radius 1 is 1.25 bits per heavy atom. The highest BCUT2D eigenvalue weighted by atomic mass is 15.2. The molecule has 2 unspecified atom stereocenters. The van der Waals surface area contributed by atoms with E-state index < -0.39 is 0 Å². The van der Waals surface area contributed by atoms with Crippen molar-refractivity contribution >= 4 is 0 Å². The van der Waals surface area contributed by atoms with Crippen LogP contribution in [0.3, 0.4) is 0 Å². The van der Waals surface area contributed by atoms with Gasteiger partial charge in [0.05, 0.1) is 0 Å². The Kier molecular flexibility index (Phi) is 4.26. The monoisotopic (exact) mass is 224 g/mol. The predicted molar refractivity (Wildman–Crippen MR) is 69.6 cm³/mol. The Bertz CT molecular complexity index is 211. The first kappa shape index (κ1) is 12.4. The van der Waals surface area contributed by atoms with Crippen molar-refractivity contribution in [3.8, 4) is 0 Å². The standard InChI is InChI=1S/C14H28N2/c1-11(2)14(9-15-13-6-7-13)16-8-4-5-12(3)10-16/h11-15H,4-10H2,1-3H3. The highest BCUT2D eigenvalue weighted by molar-refractivity contribution is 4.86. The SMILES string of the molecule is CC1CCCN(C(CNC2CC2)C(C)C)C1. The largest absolute Gasteiger partial charge is 0.312 e. The molecule has 0 bridgehead atoms. The van der Waals surface area contributed by atoms with E-state index >= 15 is 0 Å². The molecule has 16 heavy (non-hydrogen) atoms. The van der Waals surface area contributed by atoms with Crippen LogP contribution in [0.1, 0.15) is 46.5 Å². The molecule has 1 saturated carbocycles. The summed E-state index contributed by atoms with van der Waals surface area (Å²) in [6, 6.07) is 1.60. The number of hydrogen-bond donors (Lipinski definition) is 1. The van der Waals surface area contributed by atoms with Crippen LogP contribution in [0.2, 0.25) is 0 Å². The van der Waals surface area contributed by atoms with Crippen molar-refractivity contribution < 1.29 is 0 Å². The van der Waals surface area contributed by atoms with Crippen LogP contribution in [-0.2, 0) is 0 Å². The fourth-order valence-electron chi connectivity index (χ4n) is 2.89. The van der Waals surface area contributed by atoms with Gasteiger partial charge in [-0.15, -0.1) is 0 Å². The quantitative estimate of drug-likeness (QED) is 0.772. The van der Waals surface area contributed by atoms with Gasteiger partial charge in [0.15, 0.2) is 0 Å². The lowest BCUT2D eigenvalue weighted by Crippen LogP contribution is -2.49. The smallest absolute Gasteiger partial charge is 0.0243 e. The lowest BCUT2D eigenvalue weighted by Gasteiger charge is -2.39. The molecule has 2 atom stereocenters. The Morgan fingerprint density at radius 2 is 2.00 bits per heavy atom. The van der Waals surface area contributed by atoms with Crippen LogP contribution in [0.4, 0.5) is 0 Å². The number of hydrogen-bond acceptors (Lipinski definition) is 2. The second-order valence-corrected chi connectivity index (χ2v) is 6.24. The van der Waals surface area contributed by atoms with E-state index in [1.54, 1.807) is 0 Å². The van der Waals surface area contributed by atoms with Crippen molar-refractivity contribution in [1.29, 1.82) is 0 Å². The van der Waals surface area contributed by atoms with E-state index in [0.717, 1.165) is 23.9 Å². The van der Waals surface area contributed by atoms with Crippen molar-refractivity contribution in [2.75, 3.05) is 19.6 Å². The highest BCUT2D eigenvalue weighted by Gasteiger charge is 2.28. The molecule has 1 aliphatic carbocycles. The molecule has 94 valence electrons. The molecule has 2 nitrogen and oxygen atoms in total. The van der Waals surface area contributed by atoms with E-state index in [1.807, 2.05) is 0 Å². The van der Waals surface area contributed by atoms with Gasteiger partial charge in [0.2, 0.25) is 0 Å². The van der Waals surface area contributed by atoms with E-state index in [4.69, 9.17) is 0 Å². The minimum absolute atomic E-state index is 0.753. The number of rotatable bonds is 5.